The topological polar surface area (TPSA) is 42.0 Å². The fraction of sp³-hybridized carbons (Fsp3) is 0.588. The molecule has 126 valence electrons. The highest BCUT2D eigenvalue weighted by Crippen LogP contribution is 2.38. The van der Waals surface area contributed by atoms with E-state index in [1.807, 2.05) is 11.0 Å². The maximum atomic E-state index is 12.5. The van der Waals surface area contributed by atoms with Crippen molar-refractivity contribution in [2.45, 2.75) is 25.3 Å². The number of amides is 1. The van der Waals surface area contributed by atoms with Crippen molar-refractivity contribution in [3.8, 4) is 11.5 Å². The number of likely N-dealkylation sites (tertiary alicyclic amines) is 1. The van der Waals surface area contributed by atoms with Crippen LogP contribution >= 0.6 is 11.6 Å². The number of rotatable bonds is 3. The van der Waals surface area contributed by atoms with Crippen molar-refractivity contribution in [1.82, 2.24) is 9.80 Å². The highest BCUT2D eigenvalue weighted by atomic mass is 35.5. The first kappa shape index (κ1) is 16.4. The summed E-state index contributed by atoms with van der Waals surface area (Å²) in [5, 5.41) is 0.510. The normalized spacial score (nSPS) is 18.3. The molecule has 0 saturated carbocycles. The molecule has 0 bridgehead atoms. The summed E-state index contributed by atoms with van der Waals surface area (Å²) >= 11 is 6.24. The Labute approximate surface area is 142 Å². The minimum atomic E-state index is 0.148. The average Bonchev–Trinajstić information content (AvgIpc) is 2.55. The quantitative estimate of drug-likeness (QED) is 0.847. The van der Waals surface area contributed by atoms with Gasteiger partial charge in [-0.25, -0.2) is 0 Å². The standard InChI is InChI=1S/C17H23ClN2O3/c1-19(2)13-3-5-20(6-4-13)16(21)11-12-9-14(18)17-15(10-12)22-7-8-23-17/h9-10,13H,3-8,11H2,1-2H3. The number of hydrogen-bond acceptors (Lipinski definition) is 4. The Bertz CT molecular complexity index is 583. The molecule has 0 atom stereocenters. The fourth-order valence-corrected chi connectivity index (χ4v) is 3.47. The van der Waals surface area contributed by atoms with Gasteiger partial charge in [0.05, 0.1) is 11.4 Å². The van der Waals surface area contributed by atoms with E-state index in [-0.39, 0.29) is 5.91 Å². The SMILES string of the molecule is CN(C)C1CCN(C(=O)Cc2cc(Cl)c3c(c2)OCCO3)CC1. The third kappa shape index (κ3) is 3.72. The zero-order valence-corrected chi connectivity index (χ0v) is 14.4. The van der Waals surface area contributed by atoms with Crippen LogP contribution in [0.15, 0.2) is 12.1 Å². The number of ether oxygens (including phenoxy) is 2. The lowest BCUT2D eigenvalue weighted by Gasteiger charge is -2.35. The number of piperidine rings is 1. The average molecular weight is 339 g/mol. The number of benzene rings is 1. The summed E-state index contributed by atoms with van der Waals surface area (Å²) < 4.78 is 11.1. The summed E-state index contributed by atoms with van der Waals surface area (Å²) in [6, 6.07) is 4.24. The van der Waals surface area contributed by atoms with Crippen molar-refractivity contribution in [3.05, 3.63) is 22.7 Å². The molecule has 1 aromatic carbocycles. The van der Waals surface area contributed by atoms with Crippen LogP contribution in [-0.4, -0.2) is 62.1 Å². The van der Waals surface area contributed by atoms with E-state index in [9.17, 15) is 4.79 Å². The minimum Gasteiger partial charge on any atom is -0.486 e. The molecule has 6 heteroatoms. The Balaban J connectivity index is 1.63. The molecule has 2 heterocycles. The van der Waals surface area contributed by atoms with Gasteiger partial charge in [0, 0.05) is 19.1 Å². The van der Waals surface area contributed by atoms with E-state index in [0.29, 0.717) is 42.2 Å². The maximum absolute atomic E-state index is 12.5. The minimum absolute atomic E-state index is 0.148. The van der Waals surface area contributed by atoms with Gasteiger partial charge < -0.3 is 19.3 Å². The molecule has 0 aromatic heterocycles. The van der Waals surface area contributed by atoms with Gasteiger partial charge in [-0.2, -0.15) is 0 Å². The van der Waals surface area contributed by atoms with Gasteiger partial charge in [-0.3, -0.25) is 4.79 Å². The number of carbonyl (C=O) groups is 1. The zero-order chi connectivity index (χ0) is 16.4. The summed E-state index contributed by atoms with van der Waals surface area (Å²) in [6.07, 6.45) is 2.41. The van der Waals surface area contributed by atoms with Crippen LogP contribution in [0, 0.1) is 0 Å². The van der Waals surface area contributed by atoms with Gasteiger partial charge in [0.2, 0.25) is 5.91 Å². The largest absolute Gasteiger partial charge is 0.486 e. The number of fused-ring (bicyclic) bond motifs is 1. The zero-order valence-electron chi connectivity index (χ0n) is 13.7. The fourth-order valence-electron chi connectivity index (χ4n) is 3.18. The van der Waals surface area contributed by atoms with E-state index in [2.05, 4.69) is 19.0 Å². The lowest BCUT2D eigenvalue weighted by Crippen LogP contribution is -2.44. The summed E-state index contributed by atoms with van der Waals surface area (Å²) in [4.78, 5) is 16.7. The molecule has 2 aliphatic heterocycles. The molecule has 1 fully saturated rings. The molecule has 0 radical (unpaired) electrons. The molecule has 1 aromatic rings. The number of carbonyl (C=O) groups excluding carboxylic acids is 1. The van der Waals surface area contributed by atoms with Gasteiger partial charge in [-0.05, 0) is 44.6 Å². The van der Waals surface area contributed by atoms with Gasteiger partial charge >= 0.3 is 0 Å². The van der Waals surface area contributed by atoms with Crippen molar-refractivity contribution in [2.24, 2.45) is 0 Å². The molecule has 0 unspecified atom stereocenters. The maximum Gasteiger partial charge on any atom is 0.226 e. The Hall–Kier alpha value is -1.46. The predicted octanol–water partition coefficient (Wildman–Crippen LogP) is 2.21. The van der Waals surface area contributed by atoms with Crippen LogP contribution in [0.2, 0.25) is 5.02 Å². The van der Waals surface area contributed by atoms with Crippen molar-refractivity contribution >= 4 is 17.5 Å². The number of nitrogens with zero attached hydrogens (tertiary/aromatic N) is 2. The first-order valence-electron chi connectivity index (χ1n) is 8.07. The third-order valence-electron chi connectivity index (χ3n) is 4.56. The van der Waals surface area contributed by atoms with Gasteiger partial charge in [-0.1, -0.05) is 11.6 Å². The molecule has 1 saturated heterocycles. The first-order chi connectivity index (χ1) is 11.0. The van der Waals surface area contributed by atoms with Crippen LogP contribution < -0.4 is 9.47 Å². The molecule has 3 rings (SSSR count). The Morgan fingerprint density at radius 3 is 2.65 bits per heavy atom. The van der Waals surface area contributed by atoms with Crippen LogP contribution in [0.5, 0.6) is 11.5 Å². The third-order valence-corrected chi connectivity index (χ3v) is 4.84. The van der Waals surface area contributed by atoms with Crippen LogP contribution in [0.4, 0.5) is 0 Å². The Kier molecular flexibility index (Phi) is 4.97. The van der Waals surface area contributed by atoms with E-state index in [1.54, 1.807) is 6.07 Å². The number of hydrogen-bond donors (Lipinski definition) is 0. The predicted molar refractivity (Wildman–Crippen MR) is 89.4 cm³/mol. The molecular weight excluding hydrogens is 316 g/mol. The molecule has 23 heavy (non-hydrogen) atoms. The molecule has 5 nitrogen and oxygen atoms in total. The summed E-state index contributed by atoms with van der Waals surface area (Å²) in [5.74, 6) is 1.37. The van der Waals surface area contributed by atoms with Crippen LogP contribution in [0.3, 0.4) is 0 Å². The van der Waals surface area contributed by atoms with Crippen LogP contribution in [-0.2, 0) is 11.2 Å². The molecule has 0 aliphatic carbocycles. The molecule has 1 amide bonds. The molecule has 0 spiro atoms. The van der Waals surface area contributed by atoms with E-state index < -0.39 is 0 Å². The summed E-state index contributed by atoms with van der Waals surface area (Å²) in [5.41, 5.74) is 0.874. The van der Waals surface area contributed by atoms with E-state index in [1.165, 1.54) is 0 Å². The first-order valence-corrected chi connectivity index (χ1v) is 8.44. The second kappa shape index (κ2) is 6.97. The van der Waals surface area contributed by atoms with Gasteiger partial charge in [0.15, 0.2) is 11.5 Å². The van der Waals surface area contributed by atoms with Crippen molar-refractivity contribution in [2.75, 3.05) is 40.4 Å². The van der Waals surface area contributed by atoms with Gasteiger partial charge in [0.1, 0.15) is 13.2 Å². The smallest absolute Gasteiger partial charge is 0.226 e. The van der Waals surface area contributed by atoms with Crippen molar-refractivity contribution in [3.63, 3.8) is 0 Å². The lowest BCUT2D eigenvalue weighted by molar-refractivity contribution is -0.131. The highest BCUT2D eigenvalue weighted by Gasteiger charge is 2.24. The van der Waals surface area contributed by atoms with Gasteiger partial charge in [0.25, 0.3) is 0 Å². The van der Waals surface area contributed by atoms with E-state index in [4.69, 9.17) is 21.1 Å². The number of halogens is 1. The second-order valence-corrected chi connectivity index (χ2v) is 6.76. The highest BCUT2D eigenvalue weighted by molar-refractivity contribution is 6.32. The molecular formula is C17H23ClN2O3. The second-order valence-electron chi connectivity index (χ2n) is 6.35. The Morgan fingerprint density at radius 1 is 1.26 bits per heavy atom. The Morgan fingerprint density at radius 2 is 1.96 bits per heavy atom. The van der Waals surface area contributed by atoms with E-state index in [0.717, 1.165) is 31.5 Å². The summed E-state index contributed by atoms with van der Waals surface area (Å²) in [7, 11) is 4.19. The summed E-state index contributed by atoms with van der Waals surface area (Å²) in [6.45, 7) is 2.66. The monoisotopic (exact) mass is 338 g/mol. The molecule has 2 aliphatic rings. The molecule has 0 N–H and O–H groups in total. The van der Waals surface area contributed by atoms with Crippen molar-refractivity contribution in [1.29, 1.82) is 0 Å². The lowest BCUT2D eigenvalue weighted by atomic mass is 10.0. The van der Waals surface area contributed by atoms with Crippen LogP contribution in [0.1, 0.15) is 18.4 Å². The van der Waals surface area contributed by atoms with Crippen LogP contribution in [0.25, 0.3) is 0 Å². The van der Waals surface area contributed by atoms with E-state index >= 15 is 0 Å². The van der Waals surface area contributed by atoms with Gasteiger partial charge in [-0.15, -0.1) is 0 Å². The van der Waals surface area contributed by atoms with Crippen molar-refractivity contribution < 1.29 is 14.3 Å².